The molecule has 4 rings (SSSR count). The Morgan fingerprint density at radius 1 is 1.29 bits per heavy atom. The van der Waals surface area contributed by atoms with Crippen LogP contribution in [0.4, 0.5) is 22.2 Å². The van der Waals surface area contributed by atoms with E-state index in [2.05, 4.69) is 45.9 Å². The van der Waals surface area contributed by atoms with Crippen LogP contribution in [-0.2, 0) is 16.1 Å². The SMILES string of the molecule is C=CC(=O)Nc1ccc(CN2CCC[C@H](Nc3nccc(N4C(=O)OC[C@@H]4C(C)C)n3)C2)cc1. The Hall–Kier alpha value is -3.46. The van der Waals surface area contributed by atoms with Crippen molar-refractivity contribution in [3.8, 4) is 0 Å². The van der Waals surface area contributed by atoms with Crippen molar-refractivity contribution >= 4 is 29.5 Å². The number of piperidine rings is 1. The van der Waals surface area contributed by atoms with Crippen LogP contribution in [0.25, 0.3) is 0 Å². The molecule has 9 nitrogen and oxygen atoms in total. The molecule has 1 aromatic carbocycles. The Morgan fingerprint density at radius 2 is 2.09 bits per heavy atom. The minimum atomic E-state index is -0.359. The van der Waals surface area contributed by atoms with Gasteiger partial charge in [0.2, 0.25) is 11.9 Å². The quantitative estimate of drug-likeness (QED) is 0.575. The van der Waals surface area contributed by atoms with E-state index in [0.717, 1.165) is 38.2 Å². The van der Waals surface area contributed by atoms with Crippen LogP contribution in [0.15, 0.2) is 49.2 Å². The normalized spacial score (nSPS) is 20.8. The highest BCUT2D eigenvalue weighted by Crippen LogP contribution is 2.26. The van der Waals surface area contributed by atoms with E-state index < -0.39 is 0 Å². The zero-order valence-electron chi connectivity index (χ0n) is 19.7. The molecule has 2 saturated heterocycles. The minimum absolute atomic E-state index is 0.0306. The summed E-state index contributed by atoms with van der Waals surface area (Å²) in [6, 6.07) is 9.80. The molecular formula is C25H32N6O3. The average Bonchev–Trinajstić information content (AvgIpc) is 3.22. The van der Waals surface area contributed by atoms with Gasteiger partial charge in [-0.25, -0.2) is 9.78 Å². The lowest BCUT2D eigenvalue weighted by atomic mass is 10.0. The highest BCUT2D eigenvalue weighted by atomic mass is 16.6. The minimum Gasteiger partial charge on any atom is -0.447 e. The fraction of sp³-hybridized carbons (Fsp3) is 0.440. The molecule has 0 saturated carbocycles. The van der Waals surface area contributed by atoms with E-state index in [1.807, 2.05) is 24.3 Å². The number of anilines is 3. The second-order valence-corrected chi connectivity index (χ2v) is 9.11. The monoisotopic (exact) mass is 464 g/mol. The molecule has 2 aliphatic heterocycles. The highest BCUT2D eigenvalue weighted by molar-refractivity contribution is 5.98. The van der Waals surface area contributed by atoms with Gasteiger partial charge in [-0.05, 0) is 55.1 Å². The molecule has 0 spiro atoms. The number of nitrogens with zero attached hydrogens (tertiary/aromatic N) is 4. The maximum absolute atomic E-state index is 12.3. The van der Waals surface area contributed by atoms with Crippen molar-refractivity contribution < 1.29 is 14.3 Å². The topological polar surface area (TPSA) is 99.7 Å². The third-order valence-electron chi connectivity index (χ3n) is 6.21. The van der Waals surface area contributed by atoms with Gasteiger partial charge in [-0.1, -0.05) is 32.6 Å². The summed E-state index contributed by atoms with van der Waals surface area (Å²) >= 11 is 0. The van der Waals surface area contributed by atoms with Gasteiger partial charge in [0.25, 0.3) is 0 Å². The summed E-state index contributed by atoms with van der Waals surface area (Å²) in [7, 11) is 0. The van der Waals surface area contributed by atoms with Crippen LogP contribution in [0, 0.1) is 5.92 Å². The number of hydrogen-bond acceptors (Lipinski definition) is 7. The van der Waals surface area contributed by atoms with Crippen molar-refractivity contribution in [2.24, 2.45) is 5.92 Å². The van der Waals surface area contributed by atoms with E-state index in [1.54, 1.807) is 17.2 Å². The first kappa shape index (κ1) is 23.7. The van der Waals surface area contributed by atoms with Gasteiger partial charge < -0.3 is 15.4 Å². The summed E-state index contributed by atoms with van der Waals surface area (Å²) in [5.74, 6) is 1.13. The Balaban J connectivity index is 1.36. The number of nitrogens with one attached hydrogen (secondary N) is 2. The van der Waals surface area contributed by atoms with Crippen molar-refractivity contribution in [2.75, 3.05) is 35.2 Å². The third kappa shape index (κ3) is 5.72. The van der Waals surface area contributed by atoms with Crippen molar-refractivity contribution in [1.29, 1.82) is 0 Å². The van der Waals surface area contributed by atoms with E-state index in [0.29, 0.717) is 18.4 Å². The molecule has 2 N–H and O–H groups in total. The number of hydrogen-bond donors (Lipinski definition) is 2. The predicted molar refractivity (Wildman–Crippen MR) is 132 cm³/mol. The molecule has 2 atom stereocenters. The number of amides is 2. The smallest absolute Gasteiger partial charge is 0.415 e. The molecular weight excluding hydrogens is 432 g/mol. The summed E-state index contributed by atoms with van der Waals surface area (Å²) in [5.41, 5.74) is 1.94. The Kier molecular flexibility index (Phi) is 7.42. The van der Waals surface area contributed by atoms with E-state index in [-0.39, 0.29) is 30.0 Å². The van der Waals surface area contributed by atoms with Crippen molar-refractivity contribution in [3.63, 3.8) is 0 Å². The molecule has 0 radical (unpaired) electrons. The second kappa shape index (κ2) is 10.6. The molecule has 1 aromatic heterocycles. The first-order valence-electron chi connectivity index (χ1n) is 11.7. The highest BCUT2D eigenvalue weighted by Gasteiger charge is 2.37. The van der Waals surface area contributed by atoms with E-state index >= 15 is 0 Å². The number of ether oxygens (including phenoxy) is 1. The molecule has 2 amide bonds. The van der Waals surface area contributed by atoms with Crippen LogP contribution in [0.5, 0.6) is 0 Å². The summed E-state index contributed by atoms with van der Waals surface area (Å²) in [6.07, 6.45) is 4.67. The average molecular weight is 465 g/mol. The number of cyclic esters (lactones) is 1. The number of aromatic nitrogens is 2. The first-order valence-corrected chi connectivity index (χ1v) is 11.7. The van der Waals surface area contributed by atoms with Crippen molar-refractivity contribution in [1.82, 2.24) is 14.9 Å². The molecule has 0 unspecified atom stereocenters. The molecule has 2 aliphatic rings. The fourth-order valence-corrected chi connectivity index (χ4v) is 4.39. The third-order valence-corrected chi connectivity index (χ3v) is 6.21. The van der Waals surface area contributed by atoms with Crippen LogP contribution in [-0.4, -0.2) is 58.6 Å². The number of benzene rings is 1. The zero-order valence-corrected chi connectivity index (χ0v) is 19.7. The standard InChI is InChI=1S/C25H32N6O3/c1-4-23(32)27-19-9-7-18(8-10-19)14-30-13-5-6-20(15-30)28-24-26-12-11-22(29-24)31-21(17(2)3)16-34-25(31)33/h4,7-12,17,20-21H,1,5-6,13-16H2,2-3H3,(H,27,32)(H,26,28,29)/t20-,21+/m0/s1. The van der Waals surface area contributed by atoms with Gasteiger partial charge in [0.15, 0.2) is 0 Å². The molecule has 2 fully saturated rings. The van der Waals surface area contributed by atoms with Gasteiger partial charge >= 0.3 is 6.09 Å². The maximum atomic E-state index is 12.3. The number of carbonyl (C=O) groups excluding carboxylic acids is 2. The van der Waals surface area contributed by atoms with Gasteiger partial charge in [0, 0.05) is 31.0 Å². The molecule has 0 bridgehead atoms. The van der Waals surface area contributed by atoms with Gasteiger partial charge in [-0.3, -0.25) is 14.6 Å². The van der Waals surface area contributed by atoms with Crippen molar-refractivity contribution in [3.05, 3.63) is 54.7 Å². The van der Waals surface area contributed by atoms with E-state index in [4.69, 9.17) is 4.74 Å². The molecule has 3 heterocycles. The second-order valence-electron chi connectivity index (χ2n) is 9.11. The van der Waals surface area contributed by atoms with Crippen LogP contribution in [0.1, 0.15) is 32.3 Å². The number of likely N-dealkylation sites (tertiary alicyclic amines) is 1. The summed E-state index contributed by atoms with van der Waals surface area (Å²) in [5, 5.41) is 6.22. The molecule has 0 aliphatic carbocycles. The largest absolute Gasteiger partial charge is 0.447 e. The van der Waals surface area contributed by atoms with E-state index in [1.165, 1.54) is 11.6 Å². The van der Waals surface area contributed by atoms with Crippen LogP contribution in [0.2, 0.25) is 0 Å². The fourth-order valence-electron chi connectivity index (χ4n) is 4.39. The molecule has 9 heteroatoms. The van der Waals surface area contributed by atoms with Gasteiger partial charge in [0.05, 0.1) is 6.04 Å². The van der Waals surface area contributed by atoms with Crippen LogP contribution >= 0.6 is 0 Å². The summed E-state index contributed by atoms with van der Waals surface area (Å²) < 4.78 is 5.26. The van der Waals surface area contributed by atoms with Crippen molar-refractivity contribution in [2.45, 2.75) is 45.3 Å². The van der Waals surface area contributed by atoms with Crippen LogP contribution < -0.4 is 15.5 Å². The number of carbonyl (C=O) groups is 2. The summed E-state index contributed by atoms with van der Waals surface area (Å²) in [6.45, 7) is 10.7. The predicted octanol–water partition coefficient (Wildman–Crippen LogP) is 3.66. The lowest BCUT2D eigenvalue weighted by Crippen LogP contribution is -2.42. The Morgan fingerprint density at radius 3 is 2.82 bits per heavy atom. The molecule has 34 heavy (non-hydrogen) atoms. The molecule has 2 aromatic rings. The van der Waals surface area contributed by atoms with Gasteiger partial charge in [0.1, 0.15) is 12.4 Å². The maximum Gasteiger partial charge on any atom is 0.415 e. The lowest BCUT2D eigenvalue weighted by molar-refractivity contribution is -0.111. The summed E-state index contributed by atoms with van der Waals surface area (Å²) in [4.78, 5) is 36.8. The van der Waals surface area contributed by atoms with Crippen LogP contribution in [0.3, 0.4) is 0 Å². The zero-order chi connectivity index (χ0) is 24.1. The molecule has 180 valence electrons. The van der Waals surface area contributed by atoms with Gasteiger partial charge in [-0.15, -0.1) is 0 Å². The van der Waals surface area contributed by atoms with Gasteiger partial charge in [-0.2, -0.15) is 4.98 Å². The number of rotatable bonds is 8. The Bertz CT molecular complexity index is 1030. The first-order chi connectivity index (χ1) is 16.4. The Labute approximate surface area is 200 Å². The van der Waals surface area contributed by atoms with E-state index in [9.17, 15) is 9.59 Å². The lowest BCUT2D eigenvalue weighted by Gasteiger charge is -2.33.